The largest absolute Gasteiger partial charge is 0.462 e. The van der Waals surface area contributed by atoms with Crippen molar-refractivity contribution in [2.75, 3.05) is 6.61 Å². The van der Waals surface area contributed by atoms with E-state index >= 15 is 0 Å². The summed E-state index contributed by atoms with van der Waals surface area (Å²) in [5.41, 5.74) is 0.105. The molecule has 0 spiro atoms. The van der Waals surface area contributed by atoms with Crippen LogP contribution in [0.2, 0.25) is 0 Å². The number of carbonyl (C=O) groups is 1. The Morgan fingerprint density at radius 1 is 1.52 bits per heavy atom. The summed E-state index contributed by atoms with van der Waals surface area (Å²) in [5, 5.41) is 0.0489. The van der Waals surface area contributed by atoms with Crippen LogP contribution in [0.3, 0.4) is 0 Å². The number of rotatable bonds is 3. The van der Waals surface area contributed by atoms with Gasteiger partial charge in [-0.3, -0.25) is 4.79 Å². The van der Waals surface area contributed by atoms with E-state index in [1.54, 1.807) is 18.4 Å². The zero-order chi connectivity index (χ0) is 16.9. The summed E-state index contributed by atoms with van der Waals surface area (Å²) in [6.07, 6.45) is 0.581. The second kappa shape index (κ2) is 5.70. The Balaban J connectivity index is 2.38. The SMILES string of the molecule is CCOC(=O)c1cn([C@@H]2C[C@@H]2F)c2c(C)c(Br)c(F)cc2c1=O. The molecule has 1 fully saturated rings. The molecule has 7 heteroatoms. The Hall–Kier alpha value is -1.76. The Kier molecular flexibility index (Phi) is 4.00. The number of fused-ring (bicyclic) bond motifs is 1. The molecule has 122 valence electrons. The van der Waals surface area contributed by atoms with Gasteiger partial charge in [-0.1, -0.05) is 0 Å². The first-order valence-corrected chi connectivity index (χ1v) is 8.00. The number of hydrogen-bond acceptors (Lipinski definition) is 3. The molecule has 0 amide bonds. The Morgan fingerprint density at radius 2 is 2.17 bits per heavy atom. The van der Waals surface area contributed by atoms with Crippen LogP contribution in [0.1, 0.15) is 35.3 Å². The van der Waals surface area contributed by atoms with Crippen molar-refractivity contribution in [1.82, 2.24) is 4.57 Å². The van der Waals surface area contributed by atoms with Crippen LogP contribution in [0, 0.1) is 12.7 Å². The molecule has 1 aromatic heterocycles. The van der Waals surface area contributed by atoms with Crippen LogP contribution in [0.5, 0.6) is 0 Å². The number of carbonyl (C=O) groups excluding carboxylic acids is 1. The maximum absolute atomic E-state index is 14.0. The number of pyridine rings is 1. The molecular weight excluding hydrogens is 372 g/mol. The highest BCUT2D eigenvalue weighted by Gasteiger charge is 2.40. The summed E-state index contributed by atoms with van der Waals surface area (Å²) in [6.45, 7) is 3.38. The molecule has 23 heavy (non-hydrogen) atoms. The highest BCUT2D eigenvalue weighted by Crippen LogP contribution is 2.42. The van der Waals surface area contributed by atoms with Crippen molar-refractivity contribution in [3.8, 4) is 0 Å². The smallest absolute Gasteiger partial charge is 0.343 e. The summed E-state index contributed by atoms with van der Waals surface area (Å²) < 4.78 is 34.2. The predicted molar refractivity (Wildman–Crippen MR) is 85.1 cm³/mol. The standard InChI is InChI=1S/C16H14BrF2NO3/c1-3-23-16(22)9-6-20(12-5-10(12)18)14-7(2)13(17)11(19)4-8(14)15(9)21/h4,6,10,12H,3,5H2,1-2H3/t10-,12+/m0/s1. The van der Waals surface area contributed by atoms with E-state index < -0.39 is 29.4 Å². The van der Waals surface area contributed by atoms with Gasteiger partial charge < -0.3 is 9.30 Å². The molecule has 1 aliphatic rings. The van der Waals surface area contributed by atoms with Gasteiger partial charge in [-0.15, -0.1) is 0 Å². The van der Waals surface area contributed by atoms with Gasteiger partial charge >= 0.3 is 5.97 Å². The number of alkyl halides is 1. The van der Waals surface area contributed by atoms with Gasteiger partial charge in [0.25, 0.3) is 0 Å². The number of aryl methyl sites for hydroxylation is 1. The summed E-state index contributed by atoms with van der Waals surface area (Å²) >= 11 is 3.14. The number of nitrogens with zero attached hydrogens (tertiary/aromatic N) is 1. The normalized spacial score (nSPS) is 19.9. The Morgan fingerprint density at radius 3 is 2.74 bits per heavy atom. The first-order valence-electron chi connectivity index (χ1n) is 7.21. The van der Waals surface area contributed by atoms with Crippen molar-refractivity contribution in [1.29, 1.82) is 0 Å². The molecule has 1 saturated carbocycles. The monoisotopic (exact) mass is 385 g/mol. The first-order chi connectivity index (χ1) is 10.9. The van der Waals surface area contributed by atoms with Gasteiger partial charge in [-0.2, -0.15) is 0 Å². The van der Waals surface area contributed by atoms with E-state index in [2.05, 4.69) is 15.9 Å². The molecule has 0 bridgehead atoms. The number of ether oxygens (including phenoxy) is 1. The van der Waals surface area contributed by atoms with Gasteiger partial charge in [0.05, 0.1) is 22.6 Å². The van der Waals surface area contributed by atoms with Gasteiger partial charge in [0.2, 0.25) is 5.43 Å². The van der Waals surface area contributed by atoms with Crippen LogP contribution < -0.4 is 5.43 Å². The fraction of sp³-hybridized carbons (Fsp3) is 0.375. The third-order valence-electron chi connectivity index (χ3n) is 3.97. The third kappa shape index (κ3) is 2.56. The van der Waals surface area contributed by atoms with Crippen LogP contribution in [-0.4, -0.2) is 23.3 Å². The number of esters is 1. The van der Waals surface area contributed by atoms with E-state index in [0.717, 1.165) is 6.07 Å². The number of aromatic nitrogens is 1. The second-order valence-electron chi connectivity index (χ2n) is 5.51. The minimum absolute atomic E-state index is 0.0489. The van der Waals surface area contributed by atoms with Gasteiger partial charge in [0, 0.05) is 18.0 Å². The summed E-state index contributed by atoms with van der Waals surface area (Å²) in [4.78, 5) is 24.5. The molecule has 0 radical (unpaired) electrons. The van der Waals surface area contributed by atoms with Crippen LogP contribution in [0.15, 0.2) is 21.5 Å². The molecule has 2 aromatic rings. The number of benzene rings is 1. The average molecular weight is 386 g/mol. The summed E-state index contributed by atoms with van der Waals surface area (Å²) in [5.74, 6) is -1.39. The van der Waals surface area contributed by atoms with Gasteiger partial charge in [0.15, 0.2) is 0 Å². The number of hydrogen-bond donors (Lipinski definition) is 0. The third-order valence-corrected chi connectivity index (χ3v) is 4.94. The Labute approximate surface area is 139 Å². The van der Waals surface area contributed by atoms with Gasteiger partial charge in [0.1, 0.15) is 17.6 Å². The van der Waals surface area contributed by atoms with E-state index in [9.17, 15) is 18.4 Å². The molecule has 0 unspecified atom stereocenters. The lowest BCUT2D eigenvalue weighted by Gasteiger charge is -2.15. The minimum Gasteiger partial charge on any atom is -0.462 e. The lowest BCUT2D eigenvalue weighted by molar-refractivity contribution is 0.0524. The highest BCUT2D eigenvalue weighted by atomic mass is 79.9. The topological polar surface area (TPSA) is 48.3 Å². The highest BCUT2D eigenvalue weighted by molar-refractivity contribution is 9.10. The molecule has 3 rings (SSSR count). The van der Waals surface area contributed by atoms with Gasteiger partial charge in [-0.05, 0) is 41.4 Å². The van der Waals surface area contributed by atoms with Crippen LogP contribution in [0.4, 0.5) is 8.78 Å². The van der Waals surface area contributed by atoms with Crippen LogP contribution in [-0.2, 0) is 4.74 Å². The second-order valence-corrected chi connectivity index (χ2v) is 6.31. The maximum atomic E-state index is 14.0. The molecule has 2 atom stereocenters. The fourth-order valence-corrected chi connectivity index (χ4v) is 3.01. The molecule has 1 heterocycles. The van der Waals surface area contributed by atoms with Crippen molar-refractivity contribution in [2.24, 2.45) is 0 Å². The van der Waals surface area contributed by atoms with E-state index in [1.165, 1.54) is 6.20 Å². The minimum atomic E-state index is -1.04. The first kappa shape index (κ1) is 16.1. The lowest BCUT2D eigenvalue weighted by Crippen LogP contribution is -2.21. The number of halogens is 3. The van der Waals surface area contributed by atoms with E-state index in [4.69, 9.17) is 4.74 Å². The van der Waals surface area contributed by atoms with Crippen molar-refractivity contribution < 1.29 is 18.3 Å². The molecule has 0 aliphatic heterocycles. The van der Waals surface area contributed by atoms with E-state index in [-0.39, 0.29) is 22.0 Å². The molecule has 0 N–H and O–H groups in total. The van der Waals surface area contributed by atoms with Crippen LogP contribution in [0.25, 0.3) is 10.9 Å². The van der Waals surface area contributed by atoms with Crippen molar-refractivity contribution in [3.63, 3.8) is 0 Å². The van der Waals surface area contributed by atoms with Crippen molar-refractivity contribution in [3.05, 3.63) is 43.9 Å². The maximum Gasteiger partial charge on any atom is 0.343 e. The molecule has 1 aromatic carbocycles. The zero-order valence-electron chi connectivity index (χ0n) is 12.5. The predicted octanol–water partition coefficient (Wildman–Crippen LogP) is 3.67. The van der Waals surface area contributed by atoms with E-state index in [1.807, 2.05) is 0 Å². The summed E-state index contributed by atoms with van der Waals surface area (Å²) in [6, 6.07) is 0.617. The van der Waals surface area contributed by atoms with Gasteiger partial charge in [-0.25, -0.2) is 13.6 Å². The molecule has 4 nitrogen and oxygen atoms in total. The van der Waals surface area contributed by atoms with Crippen LogP contribution >= 0.6 is 15.9 Å². The molecule has 1 aliphatic carbocycles. The van der Waals surface area contributed by atoms with E-state index in [0.29, 0.717) is 17.5 Å². The summed E-state index contributed by atoms with van der Waals surface area (Å²) in [7, 11) is 0. The fourth-order valence-electron chi connectivity index (χ4n) is 2.71. The zero-order valence-corrected chi connectivity index (χ0v) is 14.1. The van der Waals surface area contributed by atoms with Crippen molar-refractivity contribution >= 4 is 32.8 Å². The molecule has 0 saturated heterocycles. The lowest BCUT2D eigenvalue weighted by atomic mass is 10.1. The quantitative estimate of drug-likeness (QED) is 0.757. The molecular formula is C16H14BrF2NO3. The average Bonchev–Trinajstić information content (AvgIpc) is 3.23. The van der Waals surface area contributed by atoms with Crippen molar-refractivity contribution in [2.45, 2.75) is 32.5 Å². The Bertz CT molecular complexity index is 878.